The first-order valence-electron chi connectivity index (χ1n) is 6.19. The minimum atomic E-state index is -1.12. The zero-order valence-corrected chi connectivity index (χ0v) is 11.6. The molecule has 0 rings (SSSR count). The lowest BCUT2D eigenvalue weighted by molar-refractivity contribution is -0.143. The summed E-state index contributed by atoms with van der Waals surface area (Å²) in [5, 5.41) is 8.95. The average Bonchev–Trinajstić information content (AvgIpc) is 2.21. The van der Waals surface area contributed by atoms with Gasteiger partial charge < -0.3 is 20.6 Å². The molecule has 17 heavy (non-hydrogen) atoms. The summed E-state index contributed by atoms with van der Waals surface area (Å²) in [6.45, 7) is 7.36. The van der Waals surface area contributed by atoms with Gasteiger partial charge in [-0.3, -0.25) is 4.79 Å². The van der Waals surface area contributed by atoms with Crippen molar-refractivity contribution in [3.05, 3.63) is 0 Å². The second-order valence-electron chi connectivity index (χ2n) is 5.12. The van der Waals surface area contributed by atoms with Gasteiger partial charge >= 0.3 is 5.97 Å². The fraction of sp³-hybridized carbons (Fsp3) is 0.917. The Morgan fingerprint density at radius 1 is 1.24 bits per heavy atom. The monoisotopic (exact) mass is 245 g/mol. The largest absolute Gasteiger partial charge is 0.480 e. The molecule has 0 bridgehead atoms. The summed E-state index contributed by atoms with van der Waals surface area (Å²) in [7, 11) is 4.07. The highest BCUT2D eigenvalue weighted by Crippen LogP contribution is 2.07. The molecule has 0 aliphatic rings. The maximum absolute atomic E-state index is 10.9. The molecule has 0 aliphatic carbocycles. The number of nitrogens with zero attached hydrogens (tertiary/aromatic N) is 2. The molecule has 0 aromatic carbocycles. The Morgan fingerprint density at radius 3 is 2.24 bits per heavy atom. The summed E-state index contributed by atoms with van der Waals surface area (Å²) < 4.78 is 0. The Hall–Kier alpha value is -0.650. The molecular formula is C12H27N3O2. The van der Waals surface area contributed by atoms with Crippen LogP contribution < -0.4 is 5.73 Å². The van der Waals surface area contributed by atoms with E-state index in [0.717, 1.165) is 32.6 Å². The number of carboxylic acid groups (broad SMARTS) is 1. The van der Waals surface area contributed by atoms with Crippen LogP contribution in [-0.4, -0.2) is 66.7 Å². The van der Waals surface area contributed by atoms with Gasteiger partial charge in [-0.25, -0.2) is 0 Å². The van der Waals surface area contributed by atoms with Gasteiger partial charge in [-0.05, 0) is 40.4 Å². The number of rotatable bonds is 9. The topological polar surface area (TPSA) is 69.8 Å². The minimum absolute atomic E-state index is 0.482. The van der Waals surface area contributed by atoms with E-state index in [0.29, 0.717) is 6.42 Å². The summed E-state index contributed by atoms with van der Waals surface area (Å²) in [6.07, 6.45) is 1.55. The highest BCUT2D eigenvalue weighted by atomic mass is 16.4. The van der Waals surface area contributed by atoms with Crippen LogP contribution >= 0.6 is 0 Å². The zero-order valence-electron chi connectivity index (χ0n) is 11.6. The first-order chi connectivity index (χ1) is 7.79. The summed E-state index contributed by atoms with van der Waals surface area (Å²) in [5.41, 5.74) is 4.60. The second-order valence-corrected chi connectivity index (χ2v) is 5.12. The SMILES string of the molecule is CCCN(CCN(C)C)CCC(C)(N)C(=O)O. The van der Waals surface area contributed by atoms with Crippen molar-refractivity contribution in [1.29, 1.82) is 0 Å². The summed E-state index contributed by atoms with van der Waals surface area (Å²) >= 11 is 0. The van der Waals surface area contributed by atoms with E-state index in [9.17, 15) is 4.79 Å². The number of aliphatic carboxylic acids is 1. The first-order valence-corrected chi connectivity index (χ1v) is 6.19. The summed E-state index contributed by atoms with van der Waals surface area (Å²) in [6, 6.07) is 0. The fourth-order valence-electron chi connectivity index (χ4n) is 1.49. The van der Waals surface area contributed by atoms with E-state index in [4.69, 9.17) is 10.8 Å². The molecule has 3 N–H and O–H groups in total. The van der Waals surface area contributed by atoms with Crippen molar-refractivity contribution < 1.29 is 9.90 Å². The average molecular weight is 245 g/mol. The molecule has 5 heteroatoms. The van der Waals surface area contributed by atoms with Crippen molar-refractivity contribution in [2.24, 2.45) is 5.73 Å². The van der Waals surface area contributed by atoms with Gasteiger partial charge in [0.05, 0.1) is 0 Å². The molecule has 0 heterocycles. The molecule has 0 aromatic rings. The highest BCUT2D eigenvalue weighted by Gasteiger charge is 2.27. The van der Waals surface area contributed by atoms with Crippen LogP contribution in [0.15, 0.2) is 0 Å². The van der Waals surface area contributed by atoms with E-state index in [1.54, 1.807) is 6.92 Å². The first kappa shape index (κ1) is 16.4. The van der Waals surface area contributed by atoms with E-state index in [1.165, 1.54) is 0 Å². The minimum Gasteiger partial charge on any atom is -0.480 e. The molecule has 0 radical (unpaired) electrons. The standard InChI is InChI=1S/C12H27N3O2/c1-5-7-15(10-9-14(3)4)8-6-12(2,13)11(16)17/h5-10,13H2,1-4H3,(H,16,17). The molecular weight excluding hydrogens is 218 g/mol. The summed E-state index contributed by atoms with van der Waals surface area (Å²) in [5.74, 6) is -0.929. The highest BCUT2D eigenvalue weighted by molar-refractivity contribution is 5.77. The fourth-order valence-corrected chi connectivity index (χ4v) is 1.49. The maximum atomic E-state index is 10.9. The molecule has 0 aliphatic heterocycles. The van der Waals surface area contributed by atoms with Crippen LogP contribution in [0.1, 0.15) is 26.7 Å². The van der Waals surface area contributed by atoms with Crippen LogP contribution in [0.2, 0.25) is 0 Å². The second kappa shape index (κ2) is 7.63. The van der Waals surface area contributed by atoms with Crippen molar-refractivity contribution in [2.75, 3.05) is 40.3 Å². The van der Waals surface area contributed by atoms with Gasteiger partial charge in [-0.2, -0.15) is 0 Å². The van der Waals surface area contributed by atoms with E-state index in [2.05, 4.69) is 16.7 Å². The predicted molar refractivity (Wildman–Crippen MR) is 70.1 cm³/mol. The molecule has 5 nitrogen and oxygen atoms in total. The van der Waals surface area contributed by atoms with Crippen molar-refractivity contribution in [3.63, 3.8) is 0 Å². The lowest BCUT2D eigenvalue weighted by Gasteiger charge is -2.27. The molecule has 0 fully saturated rings. The molecule has 1 atom stereocenters. The third kappa shape index (κ3) is 7.31. The number of carbonyl (C=O) groups is 1. The van der Waals surface area contributed by atoms with Crippen molar-refractivity contribution in [2.45, 2.75) is 32.2 Å². The molecule has 0 aromatic heterocycles. The van der Waals surface area contributed by atoms with E-state index in [-0.39, 0.29) is 0 Å². The van der Waals surface area contributed by atoms with Crippen LogP contribution in [0.5, 0.6) is 0 Å². The summed E-state index contributed by atoms with van der Waals surface area (Å²) in [4.78, 5) is 15.3. The number of carboxylic acids is 1. The smallest absolute Gasteiger partial charge is 0.323 e. The zero-order chi connectivity index (χ0) is 13.5. The number of nitrogens with two attached hydrogens (primary N) is 1. The van der Waals surface area contributed by atoms with Gasteiger partial charge in [-0.15, -0.1) is 0 Å². The van der Waals surface area contributed by atoms with E-state index >= 15 is 0 Å². The van der Waals surface area contributed by atoms with Gasteiger partial charge in [0.25, 0.3) is 0 Å². The third-order valence-electron chi connectivity index (χ3n) is 2.84. The van der Waals surface area contributed by atoms with Gasteiger partial charge in [-0.1, -0.05) is 6.92 Å². The van der Waals surface area contributed by atoms with E-state index in [1.807, 2.05) is 14.1 Å². The lowest BCUT2D eigenvalue weighted by Crippen LogP contribution is -2.47. The van der Waals surface area contributed by atoms with Gasteiger partial charge in [0.1, 0.15) is 5.54 Å². The molecule has 0 saturated carbocycles. The Kier molecular flexibility index (Phi) is 7.34. The quantitative estimate of drug-likeness (QED) is 0.617. The maximum Gasteiger partial charge on any atom is 0.323 e. The normalized spacial score (nSPS) is 15.2. The molecule has 0 saturated heterocycles. The Bertz CT molecular complexity index is 230. The van der Waals surface area contributed by atoms with Gasteiger partial charge in [0, 0.05) is 19.6 Å². The molecule has 1 unspecified atom stereocenters. The molecule has 102 valence electrons. The third-order valence-corrected chi connectivity index (χ3v) is 2.84. The van der Waals surface area contributed by atoms with Crippen molar-refractivity contribution >= 4 is 5.97 Å². The van der Waals surface area contributed by atoms with Crippen LogP contribution in [0.3, 0.4) is 0 Å². The van der Waals surface area contributed by atoms with Crippen molar-refractivity contribution in [1.82, 2.24) is 9.80 Å². The van der Waals surface area contributed by atoms with Gasteiger partial charge in [0.15, 0.2) is 0 Å². The predicted octanol–water partition coefficient (Wildman–Crippen LogP) is 0.452. The van der Waals surface area contributed by atoms with Crippen LogP contribution in [0.25, 0.3) is 0 Å². The van der Waals surface area contributed by atoms with Gasteiger partial charge in [0.2, 0.25) is 0 Å². The number of hydrogen-bond donors (Lipinski definition) is 2. The lowest BCUT2D eigenvalue weighted by atomic mass is 9.99. The number of hydrogen-bond acceptors (Lipinski definition) is 4. The van der Waals surface area contributed by atoms with E-state index < -0.39 is 11.5 Å². The number of likely N-dealkylation sites (N-methyl/N-ethyl adjacent to an activating group) is 1. The van der Waals surface area contributed by atoms with Crippen LogP contribution in [-0.2, 0) is 4.79 Å². The van der Waals surface area contributed by atoms with Crippen LogP contribution in [0, 0.1) is 0 Å². The molecule has 0 amide bonds. The van der Waals surface area contributed by atoms with Crippen molar-refractivity contribution in [3.8, 4) is 0 Å². The Labute approximate surface area is 105 Å². The Balaban J connectivity index is 4.12. The Morgan fingerprint density at radius 2 is 1.82 bits per heavy atom. The molecule has 0 spiro atoms. The van der Waals surface area contributed by atoms with Crippen LogP contribution in [0.4, 0.5) is 0 Å².